The Morgan fingerprint density at radius 3 is 2.65 bits per heavy atom. The van der Waals surface area contributed by atoms with E-state index in [1.54, 1.807) is 52.1 Å². The van der Waals surface area contributed by atoms with E-state index in [1.807, 2.05) is 32.0 Å². The number of hydrogen-bond donors (Lipinski definition) is 1. The van der Waals surface area contributed by atoms with Crippen LogP contribution >= 0.6 is 12.4 Å². The second-order valence-corrected chi connectivity index (χ2v) is 10.4. The van der Waals surface area contributed by atoms with Crippen LogP contribution in [0.5, 0.6) is 5.75 Å². The van der Waals surface area contributed by atoms with Gasteiger partial charge in [-0.05, 0) is 44.2 Å². The summed E-state index contributed by atoms with van der Waals surface area (Å²) in [7, 11) is 0. The molecule has 2 aliphatic heterocycles. The number of nitrogens with one attached hydrogen (secondary N) is 1. The Labute approximate surface area is 238 Å². The number of carbonyl (C=O) groups is 1. The summed E-state index contributed by atoms with van der Waals surface area (Å²) in [6.45, 7) is 7.36. The van der Waals surface area contributed by atoms with E-state index in [-0.39, 0.29) is 48.5 Å². The fraction of sp³-hybridized carbons (Fsp3) is 0.379. The van der Waals surface area contributed by atoms with Crippen molar-refractivity contribution < 1.29 is 14.3 Å². The number of nitrogens with zero attached hydrogens (tertiary/aromatic N) is 5. The van der Waals surface area contributed by atoms with Crippen molar-refractivity contribution in [1.29, 1.82) is 0 Å². The molecule has 0 saturated carbocycles. The van der Waals surface area contributed by atoms with Crippen LogP contribution in [-0.4, -0.2) is 74.3 Å². The number of ether oxygens (including phenoxy) is 2. The van der Waals surface area contributed by atoms with E-state index < -0.39 is 0 Å². The molecule has 2 saturated heterocycles. The number of piperazine rings is 1. The summed E-state index contributed by atoms with van der Waals surface area (Å²) >= 11 is 0. The van der Waals surface area contributed by atoms with Gasteiger partial charge in [-0.2, -0.15) is 0 Å². The zero-order valence-electron chi connectivity index (χ0n) is 22.5. The molecule has 2 aromatic heterocycles. The van der Waals surface area contributed by atoms with Crippen LogP contribution in [0.1, 0.15) is 30.0 Å². The third kappa shape index (κ3) is 5.53. The Morgan fingerprint density at radius 1 is 1.15 bits per heavy atom. The summed E-state index contributed by atoms with van der Waals surface area (Å²) in [6, 6.07) is 13.0. The molecule has 210 valence electrons. The predicted molar refractivity (Wildman–Crippen MR) is 154 cm³/mol. The van der Waals surface area contributed by atoms with E-state index in [9.17, 15) is 9.59 Å². The summed E-state index contributed by atoms with van der Waals surface area (Å²) < 4.78 is 15.4. The highest BCUT2D eigenvalue weighted by atomic mass is 35.5. The molecule has 2 atom stereocenters. The number of hydrogen-bond acceptors (Lipinski definition) is 8. The number of Topliss-reactive ketones (excluding diaryl/α,β-unsaturated/α-hetero) is 1. The Kier molecular flexibility index (Phi) is 8.32. The van der Waals surface area contributed by atoms with Gasteiger partial charge in [0, 0.05) is 43.1 Å². The third-order valence-electron chi connectivity index (χ3n) is 7.26. The number of morpholine rings is 1. The number of aromatic nitrogens is 4. The minimum absolute atomic E-state index is 0. The molecule has 4 heterocycles. The van der Waals surface area contributed by atoms with E-state index in [1.165, 1.54) is 0 Å². The number of para-hydroxylation sites is 1. The molecule has 11 heteroatoms. The molecular formula is C29H33ClN6O4. The quantitative estimate of drug-likeness (QED) is 0.326. The number of halogens is 1. The molecule has 0 spiro atoms. The summed E-state index contributed by atoms with van der Waals surface area (Å²) in [5.74, 6) is 1.03. The predicted octanol–water partition coefficient (Wildman–Crippen LogP) is 2.85. The minimum Gasteiger partial charge on any atom is -0.489 e. The number of imidazole rings is 1. The molecule has 2 unspecified atom stereocenters. The average Bonchev–Trinajstić information content (AvgIpc) is 3.42. The highest BCUT2D eigenvalue weighted by Crippen LogP contribution is 2.28. The van der Waals surface area contributed by atoms with Crippen LogP contribution in [0.2, 0.25) is 0 Å². The van der Waals surface area contributed by atoms with Crippen molar-refractivity contribution in [3.05, 3.63) is 82.9 Å². The first-order valence-corrected chi connectivity index (χ1v) is 13.3. The number of fused-ring (bicyclic) bond motifs is 3. The van der Waals surface area contributed by atoms with Gasteiger partial charge in [0.25, 0.3) is 5.56 Å². The summed E-state index contributed by atoms with van der Waals surface area (Å²) in [4.78, 5) is 38.8. The monoisotopic (exact) mass is 564 g/mol. The van der Waals surface area contributed by atoms with Crippen LogP contribution in [-0.2, 0) is 17.8 Å². The number of rotatable bonds is 8. The van der Waals surface area contributed by atoms with Crippen molar-refractivity contribution in [2.75, 3.05) is 26.3 Å². The lowest BCUT2D eigenvalue weighted by atomic mass is 10.1. The largest absolute Gasteiger partial charge is 0.489 e. The Morgan fingerprint density at radius 2 is 1.93 bits per heavy atom. The molecule has 40 heavy (non-hydrogen) atoms. The molecule has 2 fully saturated rings. The maximum Gasteiger partial charge on any atom is 0.266 e. The van der Waals surface area contributed by atoms with Crippen LogP contribution in [0.15, 0.2) is 66.0 Å². The second-order valence-electron chi connectivity index (χ2n) is 10.4. The van der Waals surface area contributed by atoms with Gasteiger partial charge in [-0.3, -0.25) is 19.1 Å². The molecule has 0 radical (unpaired) electrons. The summed E-state index contributed by atoms with van der Waals surface area (Å²) in [6.07, 6.45) is 4.87. The van der Waals surface area contributed by atoms with Gasteiger partial charge in [0.15, 0.2) is 5.78 Å². The van der Waals surface area contributed by atoms with E-state index in [0.717, 1.165) is 13.1 Å². The highest BCUT2D eigenvalue weighted by Gasteiger charge is 2.35. The van der Waals surface area contributed by atoms with E-state index in [0.29, 0.717) is 53.5 Å². The van der Waals surface area contributed by atoms with Gasteiger partial charge in [0.2, 0.25) is 0 Å². The van der Waals surface area contributed by atoms with Crippen LogP contribution in [0.3, 0.4) is 0 Å². The molecule has 2 aromatic carbocycles. The van der Waals surface area contributed by atoms with Gasteiger partial charge < -0.3 is 19.4 Å². The van der Waals surface area contributed by atoms with Gasteiger partial charge >= 0.3 is 0 Å². The zero-order valence-corrected chi connectivity index (χ0v) is 23.3. The lowest BCUT2D eigenvalue weighted by molar-refractivity contribution is -0.0701. The lowest BCUT2D eigenvalue weighted by Gasteiger charge is -2.45. The maximum atomic E-state index is 14.1. The number of benzene rings is 2. The summed E-state index contributed by atoms with van der Waals surface area (Å²) in [5, 5.41) is 3.99. The van der Waals surface area contributed by atoms with Crippen molar-refractivity contribution in [2.24, 2.45) is 0 Å². The van der Waals surface area contributed by atoms with Crippen molar-refractivity contribution in [2.45, 2.75) is 45.1 Å². The van der Waals surface area contributed by atoms with Crippen molar-refractivity contribution >= 4 is 29.1 Å². The van der Waals surface area contributed by atoms with Crippen LogP contribution in [0, 0.1) is 0 Å². The smallest absolute Gasteiger partial charge is 0.266 e. The van der Waals surface area contributed by atoms with Crippen molar-refractivity contribution in [3.8, 4) is 11.4 Å². The van der Waals surface area contributed by atoms with Crippen LogP contribution < -0.4 is 15.6 Å². The lowest BCUT2D eigenvalue weighted by Crippen LogP contribution is -2.63. The Hall–Kier alpha value is -3.57. The second kappa shape index (κ2) is 11.9. The molecule has 6 rings (SSSR count). The Balaban J connectivity index is 0.00000323. The highest BCUT2D eigenvalue weighted by molar-refractivity contribution is 5.96. The van der Waals surface area contributed by atoms with Crippen molar-refractivity contribution in [1.82, 2.24) is 29.3 Å². The normalized spacial score (nSPS) is 19.0. The fourth-order valence-electron chi connectivity index (χ4n) is 5.41. The molecule has 0 amide bonds. The summed E-state index contributed by atoms with van der Waals surface area (Å²) in [5.41, 5.74) is 1.44. The molecule has 10 nitrogen and oxygen atoms in total. The van der Waals surface area contributed by atoms with Gasteiger partial charge in [0.05, 0.1) is 55.3 Å². The van der Waals surface area contributed by atoms with E-state index in [4.69, 9.17) is 14.5 Å². The molecule has 1 N–H and O–H groups in total. The van der Waals surface area contributed by atoms with Gasteiger partial charge in [-0.1, -0.05) is 12.1 Å². The third-order valence-corrected chi connectivity index (χ3v) is 7.26. The van der Waals surface area contributed by atoms with E-state index >= 15 is 0 Å². The van der Waals surface area contributed by atoms with Crippen molar-refractivity contribution in [3.63, 3.8) is 0 Å². The molecule has 2 aliphatic rings. The molecule has 0 aliphatic carbocycles. The standard InChI is InChI=1S/C29H32N6O4.ClH/c1-19(2)39-27-8-7-20(26(36)14-33-10-9-30-18-33)11-25(27)35-28(32-24-6-4-3-5-23(24)29(35)37)15-34-21-12-31-13-22(34)17-38-16-21;/h3-11,18-19,21-22,31H,12-17H2,1-2H3;1H. The fourth-order valence-corrected chi connectivity index (χ4v) is 5.41. The first-order chi connectivity index (χ1) is 19.0. The SMILES string of the molecule is CC(C)Oc1ccc(C(=O)Cn2ccnc2)cc1-n1c(CN2C3CNCC2COC3)nc2ccccc2c1=O.Cl. The molecular weight excluding hydrogens is 532 g/mol. The number of ketones is 1. The Bertz CT molecular complexity index is 1530. The minimum atomic E-state index is -0.194. The molecule has 4 aromatic rings. The van der Waals surface area contributed by atoms with E-state index in [2.05, 4.69) is 15.2 Å². The zero-order chi connectivity index (χ0) is 26.9. The van der Waals surface area contributed by atoms with Gasteiger partial charge in [0.1, 0.15) is 11.6 Å². The van der Waals surface area contributed by atoms with Crippen LogP contribution in [0.25, 0.3) is 16.6 Å². The van der Waals surface area contributed by atoms with Crippen LogP contribution in [0.4, 0.5) is 0 Å². The first kappa shape index (κ1) is 28.0. The number of carbonyl (C=O) groups excluding carboxylic acids is 1. The van der Waals surface area contributed by atoms with Gasteiger partial charge in [-0.25, -0.2) is 9.97 Å². The average molecular weight is 565 g/mol. The first-order valence-electron chi connectivity index (χ1n) is 13.3. The maximum absolute atomic E-state index is 14.1. The molecule has 2 bridgehead atoms. The van der Waals surface area contributed by atoms with Gasteiger partial charge in [-0.15, -0.1) is 12.4 Å². The topological polar surface area (TPSA) is 104 Å².